The molecule has 0 rings (SSSR count). The van der Waals surface area contributed by atoms with Crippen molar-refractivity contribution in [2.24, 2.45) is 0 Å². The van der Waals surface area contributed by atoms with Gasteiger partial charge in [0, 0.05) is 25.7 Å². The van der Waals surface area contributed by atoms with Crippen molar-refractivity contribution in [3.05, 3.63) is 24.3 Å². The Bertz CT molecular complexity index is 1730. The number of unbranched alkanes of at least 4 members (excludes halogenated alkanes) is 36. The Morgan fingerprint density at radius 1 is 0.329 bits per heavy atom. The summed E-state index contributed by atoms with van der Waals surface area (Å²) in [5.74, 6) is -2.16. The quantitative estimate of drug-likeness (QED) is 0.0169. The predicted octanol–water partition coefficient (Wildman–Crippen LogP) is 18.3. The molecule has 0 aromatic carbocycles. The maximum Gasteiger partial charge on any atom is 0.472 e. The van der Waals surface area contributed by atoms with Crippen LogP contribution >= 0.6 is 15.6 Å². The molecular weight excluding hydrogens is 1130 g/mol. The lowest BCUT2D eigenvalue weighted by molar-refractivity contribution is -0.161. The van der Waals surface area contributed by atoms with Crippen molar-refractivity contribution in [2.75, 3.05) is 39.6 Å². The maximum atomic E-state index is 13.0. The first-order chi connectivity index (χ1) is 41.2. The molecule has 0 aliphatic heterocycles. The average molecular weight is 1250 g/mol. The van der Waals surface area contributed by atoms with Crippen molar-refractivity contribution in [3.8, 4) is 0 Å². The molecule has 0 amide bonds. The Morgan fingerprint density at radius 2 is 0.565 bits per heavy atom. The van der Waals surface area contributed by atoms with Gasteiger partial charge in [-0.1, -0.05) is 264 Å². The van der Waals surface area contributed by atoms with Crippen LogP contribution in [-0.4, -0.2) is 96.7 Å². The lowest BCUT2D eigenvalue weighted by Crippen LogP contribution is -2.30. The monoisotopic (exact) mass is 1250 g/mol. The van der Waals surface area contributed by atoms with E-state index < -0.39 is 97.5 Å². The van der Waals surface area contributed by atoms with Gasteiger partial charge in [0.25, 0.3) is 0 Å². The highest BCUT2D eigenvalue weighted by molar-refractivity contribution is 7.47. The molecular formula is C66H124O17P2. The van der Waals surface area contributed by atoms with Crippen LogP contribution in [0.15, 0.2) is 24.3 Å². The largest absolute Gasteiger partial charge is 0.472 e. The molecule has 17 nitrogen and oxygen atoms in total. The normalized spacial score (nSPS) is 14.3. The van der Waals surface area contributed by atoms with Gasteiger partial charge in [0.1, 0.15) is 19.3 Å². The summed E-state index contributed by atoms with van der Waals surface area (Å²) in [5.41, 5.74) is 0. The van der Waals surface area contributed by atoms with Gasteiger partial charge < -0.3 is 33.8 Å². The first kappa shape index (κ1) is 82.5. The highest BCUT2D eigenvalue weighted by Gasteiger charge is 2.30. The van der Waals surface area contributed by atoms with Gasteiger partial charge in [-0.2, -0.15) is 0 Å². The van der Waals surface area contributed by atoms with E-state index >= 15 is 0 Å². The molecule has 85 heavy (non-hydrogen) atoms. The maximum absolute atomic E-state index is 13.0. The minimum atomic E-state index is -4.95. The molecule has 0 heterocycles. The minimum Gasteiger partial charge on any atom is -0.462 e. The third-order valence-corrected chi connectivity index (χ3v) is 16.6. The van der Waals surface area contributed by atoms with E-state index in [1.54, 1.807) is 0 Å². The fourth-order valence-electron chi connectivity index (χ4n) is 9.45. The Kier molecular flexibility index (Phi) is 58.7. The van der Waals surface area contributed by atoms with E-state index in [1.165, 1.54) is 128 Å². The number of hydrogen-bond acceptors (Lipinski definition) is 15. The van der Waals surface area contributed by atoms with E-state index in [0.29, 0.717) is 25.7 Å². The van der Waals surface area contributed by atoms with Gasteiger partial charge in [0.15, 0.2) is 12.2 Å². The fraction of sp³-hybridized carbons (Fsp3) is 0.879. The molecule has 0 aliphatic carbocycles. The Hall–Kier alpha value is -2.46. The van der Waals surface area contributed by atoms with Gasteiger partial charge in [-0.15, -0.1) is 0 Å². The van der Waals surface area contributed by atoms with Crippen LogP contribution in [0.3, 0.4) is 0 Å². The number of esters is 4. The predicted molar refractivity (Wildman–Crippen MR) is 340 cm³/mol. The molecule has 0 saturated carbocycles. The molecule has 0 aliphatic rings. The fourth-order valence-corrected chi connectivity index (χ4v) is 11.0. The van der Waals surface area contributed by atoms with E-state index in [1.807, 2.05) is 0 Å². The summed E-state index contributed by atoms with van der Waals surface area (Å²) in [5, 5.41) is 10.5. The number of aliphatic hydroxyl groups excluding tert-OH is 1. The summed E-state index contributed by atoms with van der Waals surface area (Å²) in [4.78, 5) is 72.2. The zero-order valence-corrected chi connectivity index (χ0v) is 55.8. The summed E-state index contributed by atoms with van der Waals surface area (Å²) in [7, 11) is -9.90. The highest BCUT2D eigenvalue weighted by atomic mass is 31.2. The molecule has 5 atom stereocenters. The third kappa shape index (κ3) is 60.2. The highest BCUT2D eigenvalue weighted by Crippen LogP contribution is 2.45. The second-order valence-electron chi connectivity index (χ2n) is 23.2. The summed E-state index contributed by atoms with van der Waals surface area (Å²) in [6.45, 7) is 4.81. The smallest absolute Gasteiger partial charge is 0.462 e. The molecule has 2 unspecified atom stereocenters. The van der Waals surface area contributed by atoms with Gasteiger partial charge in [-0.25, -0.2) is 9.13 Å². The zero-order chi connectivity index (χ0) is 62.6. The lowest BCUT2D eigenvalue weighted by atomic mass is 10.1. The number of ether oxygens (including phenoxy) is 4. The zero-order valence-electron chi connectivity index (χ0n) is 54.1. The molecule has 0 aromatic heterocycles. The van der Waals surface area contributed by atoms with Gasteiger partial charge in [-0.3, -0.25) is 37.3 Å². The molecule has 0 saturated heterocycles. The van der Waals surface area contributed by atoms with Crippen molar-refractivity contribution < 1.29 is 80.2 Å². The summed E-state index contributed by atoms with van der Waals surface area (Å²) < 4.78 is 68.0. The van der Waals surface area contributed by atoms with Crippen LogP contribution in [0.25, 0.3) is 0 Å². The Morgan fingerprint density at radius 3 is 0.859 bits per heavy atom. The van der Waals surface area contributed by atoms with E-state index in [4.69, 9.17) is 37.0 Å². The Balaban J connectivity index is 5.26. The van der Waals surface area contributed by atoms with Crippen LogP contribution < -0.4 is 0 Å². The van der Waals surface area contributed by atoms with Crippen LogP contribution in [0.4, 0.5) is 0 Å². The van der Waals surface area contributed by atoms with Crippen LogP contribution in [-0.2, 0) is 65.4 Å². The second kappa shape index (κ2) is 60.5. The van der Waals surface area contributed by atoms with Crippen LogP contribution in [0.2, 0.25) is 0 Å². The lowest BCUT2D eigenvalue weighted by Gasteiger charge is -2.21. The number of phosphoric acid groups is 2. The van der Waals surface area contributed by atoms with Crippen LogP contribution in [0.5, 0.6) is 0 Å². The van der Waals surface area contributed by atoms with E-state index in [2.05, 4.69) is 52.0 Å². The molecule has 3 N–H and O–H groups in total. The number of carbonyl (C=O) groups excluding carboxylic acids is 4. The summed E-state index contributed by atoms with van der Waals surface area (Å²) in [6.07, 6.45) is 49.3. The van der Waals surface area contributed by atoms with Gasteiger partial charge >= 0.3 is 39.5 Å². The standard InChI is InChI=1S/C66H124O17P2/c1-5-9-13-17-21-25-28-29-30-31-34-37-41-45-49-53-66(71)83-62(57-77-64(69)51-47-43-39-35-32-26-22-18-14-10-6-2)59-81-85(74,75)79-55-60(67)54-78-84(72,73)80-58-61(56-76-63(68)50-46-42-38-24-20-16-12-8-4)82-65(70)52-48-44-40-36-33-27-23-19-15-11-7-3/h25,28-30,60-62,67H,5-24,26-27,31-59H2,1-4H3,(H,72,73)(H,74,75)/b28-25-,30-29-/t60-,61+,62+/m0/s1. The van der Waals surface area contributed by atoms with Crippen molar-refractivity contribution in [2.45, 2.75) is 335 Å². The summed E-state index contributed by atoms with van der Waals surface area (Å²) in [6, 6.07) is 0. The average Bonchev–Trinajstić information content (AvgIpc) is 3.54. The van der Waals surface area contributed by atoms with E-state index in [0.717, 1.165) is 109 Å². The van der Waals surface area contributed by atoms with Crippen molar-refractivity contribution in [1.29, 1.82) is 0 Å². The number of hydrogen-bond donors (Lipinski definition) is 3. The molecule has 0 aromatic rings. The Labute approximate surface area is 516 Å². The number of rotatable bonds is 65. The molecule has 0 spiro atoms. The van der Waals surface area contributed by atoms with Gasteiger partial charge in [-0.05, 0) is 51.4 Å². The molecule has 19 heteroatoms. The second-order valence-corrected chi connectivity index (χ2v) is 26.1. The number of carbonyl (C=O) groups is 4. The topological polar surface area (TPSA) is 237 Å². The molecule has 0 bridgehead atoms. The van der Waals surface area contributed by atoms with Crippen molar-refractivity contribution >= 4 is 39.5 Å². The van der Waals surface area contributed by atoms with Crippen LogP contribution in [0, 0.1) is 0 Å². The number of aliphatic hydroxyl groups is 1. The van der Waals surface area contributed by atoms with Crippen molar-refractivity contribution in [1.82, 2.24) is 0 Å². The van der Waals surface area contributed by atoms with Crippen molar-refractivity contribution in [3.63, 3.8) is 0 Å². The third-order valence-electron chi connectivity index (χ3n) is 14.7. The molecule has 0 radical (unpaired) electrons. The minimum absolute atomic E-state index is 0.0855. The van der Waals surface area contributed by atoms with E-state index in [9.17, 15) is 43.2 Å². The first-order valence-electron chi connectivity index (χ1n) is 34.1. The van der Waals surface area contributed by atoms with E-state index in [-0.39, 0.29) is 25.7 Å². The number of allylic oxidation sites excluding steroid dienone is 4. The summed E-state index contributed by atoms with van der Waals surface area (Å²) >= 11 is 0. The molecule has 500 valence electrons. The first-order valence-corrected chi connectivity index (χ1v) is 37.1. The number of phosphoric ester groups is 2. The molecule has 0 fully saturated rings. The van der Waals surface area contributed by atoms with Gasteiger partial charge in [0.2, 0.25) is 0 Å². The SMILES string of the molecule is CCCCCC/C=C\C=C/CCCCCCCC(=O)O[C@H](COC(=O)CCCCCCCCCCCCC)COP(=O)(O)OC[C@@H](O)COP(=O)(O)OC[C@@H](COC(=O)CCCCCCCCCC)OC(=O)CCCCCCCCCCCCC. The van der Waals surface area contributed by atoms with Crippen LogP contribution in [0.1, 0.15) is 317 Å². The van der Waals surface area contributed by atoms with Gasteiger partial charge in [0.05, 0.1) is 26.4 Å².